The third-order valence-corrected chi connectivity index (χ3v) is 7.41. The molecule has 2 saturated heterocycles. The van der Waals surface area contributed by atoms with Crippen LogP contribution in [-0.2, 0) is 4.74 Å². The second kappa shape index (κ2) is 6.97. The highest BCUT2D eigenvalue weighted by atomic mass is 16.5. The summed E-state index contributed by atoms with van der Waals surface area (Å²) >= 11 is 0. The molecule has 2 aliphatic carbocycles. The van der Waals surface area contributed by atoms with Gasteiger partial charge in [-0.05, 0) is 37.7 Å². The first-order chi connectivity index (χ1) is 13.3. The Morgan fingerprint density at radius 2 is 2.00 bits per heavy atom. The molecular weight excluding hydrogens is 334 g/mol. The SMILES string of the molecule is CN=C(NC1C2CCOC2C12CCC2)N1CCC(=Cc2ccccc2)CC1. The zero-order valence-electron chi connectivity index (χ0n) is 16.4. The van der Waals surface area contributed by atoms with Crippen LogP contribution in [0, 0.1) is 11.3 Å². The second-order valence-corrected chi connectivity index (χ2v) is 8.70. The van der Waals surface area contributed by atoms with Gasteiger partial charge in [0.15, 0.2) is 5.96 Å². The van der Waals surface area contributed by atoms with Gasteiger partial charge in [0.2, 0.25) is 0 Å². The largest absolute Gasteiger partial charge is 0.377 e. The van der Waals surface area contributed by atoms with Crippen LogP contribution < -0.4 is 5.32 Å². The van der Waals surface area contributed by atoms with Gasteiger partial charge in [0.25, 0.3) is 0 Å². The Labute approximate surface area is 162 Å². The molecule has 27 heavy (non-hydrogen) atoms. The molecule has 0 amide bonds. The van der Waals surface area contributed by atoms with Crippen LogP contribution in [0.1, 0.15) is 44.1 Å². The summed E-state index contributed by atoms with van der Waals surface area (Å²) in [6.45, 7) is 3.07. The van der Waals surface area contributed by atoms with E-state index in [0.29, 0.717) is 23.5 Å². The normalized spacial score (nSPS) is 31.9. The van der Waals surface area contributed by atoms with Crippen LogP contribution in [0.3, 0.4) is 0 Å². The third-order valence-electron chi connectivity index (χ3n) is 7.41. The molecule has 4 heteroatoms. The van der Waals surface area contributed by atoms with E-state index in [1.54, 1.807) is 5.57 Å². The Kier molecular flexibility index (Phi) is 4.47. The van der Waals surface area contributed by atoms with Crippen molar-refractivity contribution < 1.29 is 4.74 Å². The average Bonchev–Trinajstić information content (AvgIpc) is 3.08. The van der Waals surface area contributed by atoms with E-state index < -0.39 is 0 Å². The van der Waals surface area contributed by atoms with Gasteiger partial charge in [0.1, 0.15) is 0 Å². The quantitative estimate of drug-likeness (QED) is 0.641. The summed E-state index contributed by atoms with van der Waals surface area (Å²) in [4.78, 5) is 7.11. The number of ether oxygens (including phenoxy) is 1. The molecule has 2 aliphatic heterocycles. The summed E-state index contributed by atoms with van der Waals surface area (Å²) in [5.74, 6) is 1.80. The highest BCUT2D eigenvalue weighted by molar-refractivity contribution is 5.81. The van der Waals surface area contributed by atoms with Crippen LogP contribution in [0.4, 0.5) is 0 Å². The smallest absolute Gasteiger partial charge is 0.193 e. The van der Waals surface area contributed by atoms with Crippen LogP contribution in [-0.4, -0.2) is 49.7 Å². The molecule has 144 valence electrons. The molecule has 2 saturated carbocycles. The lowest BCUT2D eigenvalue weighted by molar-refractivity contribution is -0.171. The predicted molar refractivity (Wildman–Crippen MR) is 110 cm³/mol. The first kappa shape index (κ1) is 17.3. The number of benzene rings is 1. The van der Waals surface area contributed by atoms with Crippen molar-refractivity contribution in [3.63, 3.8) is 0 Å². The van der Waals surface area contributed by atoms with Gasteiger partial charge in [0, 0.05) is 44.1 Å². The van der Waals surface area contributed by atoms with Gasteiger partial charge >= 0.3 is 0 Å². The number of piperidine rings is 1. The molecule has 1 aromatic rings. The minimum atomic E-state index is 0.408. The molecule has 5 rings (SSSR count). The number of nitrogens with one attached hydrogen (secondary N) is 1. The van der Waals surface area contributed by atoms with E-state index in [1.165, 1.54) is 31.2 Å². The lowest BCUT2D eigenvalue weighted by atomic mass is 9.46. The minimum absolute atomic E-state index is 0.408. The first-order valence-electron chi connectivity index (χ1n) is 10.6. The van der Waals surface area contributed by atoms with Crippen LogP contribution >= 0.6 is 0 Å². The molecule has 4 fully saturated rings. The Morgan fingerprint density at radius 3 is 2.67 bits per heavy atom. The van der Waals surface area contributed by atoms with Gasteiger partial charge in [-0.2, -0.15) is 0 Å². The zero-order valence-corrected chi connectivity index (χ0v) is 16.4. The first-order valence-corrected chi connectivity index (χ1v) is 10.6. The van der Waals surface area contributed by atoms with Crippen LogP contribution in [0.2, 0.25) is 0 Å². The van der Waals surface area contributed by atoms with Crippen molar-refractivity contribution in [2.45, 2.75) is 50.7 Å². The molecule has 4 aliphatic rings. The van der Waals surface area contributed by atoms with Gasteiger partial charge in [-0.15, -0.1) is 0 Å². The Balaban J connectivity index is 1.22. The van der Waals surface area contributed by atoms with Crippen LogP contribution in [0.25, 0.3) is 6.08 Å². The van der Waals surface area contributed by atoms with Gasteiger partial charge in [-0.25, -0.2) is 0 Å². The standard InChI is InChI=1S/C23H31N3O/c1-24-22(25-20-19-10-15-27-21(19)23(20)11-5-12-23)26-13-8-18(9-14-26)16-17-6-3-2-4-7-17/h2-4,6-7,16,19-21H,5,8-15H2,1H3,(H,24,25). The Morgan fingerprint density at radius 1 is 1.22 bits per heavy atom. The van der Waals surface area contributed by atoms with Gasteiger partial charge in [-0.1, -0.05) is 48.4 Å². The third kappa shape index (κ3) is 2.89. The van der Waals surface area contributed by atoms with Gasteiger partial charge < -0.3 is 15.0 Å². The lowest BCUT2D eigenvalue weighted by Crippen LogP contribution is -2.72. The molecule has 3 atom stereocenters. The monoisotopic (exact) mass is 365 g/mol. The molecule has 4 nitrogen and oxygen atoms in total. The fourth-order valence-electron chi connectivity index (χ4n) is 5.83. The van der Waals surface area contributed by atoms with Crippen molar-refractivity contribution >= 4 is 12.0 Å². The summed E-state index contributed by atoms with van der Waals surface area (Å²) in [6.07, 6.45) is 10.4. The van der Waals surface area contributed by atoms with E-state index in [4.69, 9.17) is 4.74 Å². The summed E-state index contributed by atoms with van der Waals surface area (Å²) in [7, 11) is 1.94. The van der Waals surface area contributed by atoms with E-state index >= 15 is 0 Å². The van der Waals surface area contributed by atoms with Crippen molar-refractivity contribution in [1.82, 2.24) is 10.2 Å². The van der Waals surface area contributed by atoms with Crippen LogP contribution in [0.15, 0.2) is 40.9 Å². The van der Waals surface area contributed by atoms with E-state index in [2.05, 4.69) is 51.6 Å². The predicted octanol–water partition coefficient (Wildman–Crippen LogP) is 3.70. The topological polar surface area (TPSA) is 36.9 Å². The number of rotatable bonds is 2. The van der Waals surface area contributed by atoms with Crippen molar-refractivity contribution in [1.29, 1.82) is 0 Å². The fraction of sp³-hybridized carbons (Fsp3) is 0.609. The maximum absolute atomic E-state index is 6.07. The summed E-state index contributed by atoms with van der Waals surface area (Å²) in [5, 5.41) is 3.88. The molecule has 2 heterocycles. The van der Waals surface area contributed by atoms with E-state index in [0.717, 1.165) is 38.5 Å². The summed E-state index contributed by atoms with van der Waals surface area (Å²) < 4.78 is 6.07. The Bertz CT molecular complexity index is 727. The fourth-order valence-corrected chi connectivity index (χ4v) is 5.83. The molecule has 1 spiro atoms. The lowest BCUT2D eigenvalue weighted by Gasteiger charge is -2.63. The summed E-state index contributed by atoms with van der Waals surface area (Å²) in [6, 6.07) is 11.3. The number of guanidine groups is 1. The maximum atomic E-state index is 6.07. The van der Waals surface area contributed by atoms with E-state index in [1.807, 2.05) is 7.05 Å². The van der Waals surface area contributed by atoms with E-state index in [-0.39, 0.29) is 0 Å². The minimum Gasteiger partial charge on any atom is -0.377 e. The molecule has 1 N–H and O–H groups in total. The molecule has 0 aromatic heterocycles. The second-order valence-electron chi connectivity index (χ2n) is 8.70. The highest BCUT2D eigenvalue weighted by Gasteiger charge is 2.66. The number of nitrogens with zero attached hydrogens (tertiary/aromatic N) is 2. The molecule has 3 unspecified atom stereocenters. The number of fused-ring (bicyclic) bond motifs is 2. The number of likely N-dealkylation sites (tertiary alicyclic amines) is 1. The van der Waals surface area contributed by atoms with Crippen molar-refractivity contribution in [3.8, 4) is 0 Å². The summed E-state index contributed by atoms with van der Waals surface area (Å²) in [5.41, 5.74) is 3.28. The zero-order chi connectivity index (χ0) is 18.3. The molecule has 1 aromatic carbocycles. The highest BCUT2D eigenvalue weighted by Crippen LogP contribution is 2.62. The maximum Gasteiger partial charge on any atom is 0.193 e. The van der Waals surface area contributed by atoms with Crippen molar-refractivity contribution in [2.24, 2.45) is 16.3 Å². The van der Waals surface area contributed by atoms with Crippen molar-refractivity contribution in [3.05, 3.63) is 41.5 Å². The number of hydrogen-bond acceptors (Lipinski definition) is 2. The van der Waals surface area contributed by atoms with Gasteiger partial charge in [-0.3, -0.25) is 4.99 Å². The van der Waals surface area contributed by atoms with Gasteiger partial charge in [0.05, 0.1) is 6.10 Å². The van der Waals surface area contributed by atoms with Crippen molar-refractivity contribution in [2.75, 3.05) is 26.7 Å². The molecule has 0 radical (unpaired) electrons. The molecule has 0 bridgehead atoms. The average molecular weight is 366 g/mol. The number of hydrogen-bond donors (Lipinski definition) is 1. The number of aliphatic imine (C=N–C) groups is 1. The van der Waals surface area contributed by atoms with E-state index in [9.17, 15) is 0 Å². The Hall–Kier alpha value is -1.81. The van der Waals surface area contributed by atoms with Crippen LogP contribution in [0.5, 0.6) is 0 Å². The molecular formula is C23H31N3O.